The lowest BCUT2D eigenvalue weighted by atomic mass is 10.1. The van der Waals surface area contributed by atoms with E-state index in [1.165, 1.54) is 16.5 Å². The van der Waals surface area contributed by atoms with Crippen LogP contribution in [0.4, 0.5) is 0 Å². The molecule has 0 aliphatic carbocycles. The van der Waals surface area contributed by atoms with Crippen LogP contribution in [0.5, 0.6) is 0 Å². The van der Waals surface area contributed by atoms with Crippen LogP contribution in [0.2, 0.25) is 0 Å². The van der Waals surface area contributed by atoms with Crippen LogP contribution in [0.1, 0.15) is 5.56 Å². The molecule has 2 rings (SSSR count). The quantitative estimate of drug-likeness (QED) is 0.740. The Kier molecular flexibility index (Phi) is 2.07. The summed E-state index contributed by atoms with van der Waals surface area (Å²) in [5, 5.41) is 1.33. The van der Waals surface area contributed by atoms with E-state index in [4.69, 9.17) is 5.73 Å². The van der Waals surface area contributed by atoms with Crippen molar-refractivity contribution >= 4 is 10.9 Å². The van der Waals surface area contributed by atoms with Crippen LogP contribution in [0.15, 0.2) is 30.5 Å². The van der Waals surface area contributed by atoms with Crippen LogP contribution in [-0.4, -0.2) is 11.1 Å². The summed E-state index contributed by atoms with van der Waals surface area (Å²) in [5.41, 5.74) is 8.14. The maximum Gasteiger partial charge on any atom is 0.0483 e. The molecule has 0 atom stereocenters. The number of hydrogen-bond acceptors (Lipinski definition) is 1. The molecule has 68 valence electrons. The second kappa shape index (κ2) is 3.23. The van der Waals surface area contributed by atoms with Gasteiger partial charge in [0, 0.05) is 30.2 Å². The maximum atomic E-state index is 5.53. The fourth-order valence-electron chi connectivity index (χ4n) is 1.71. The smallest absolute Gasteiger partial charge is 0.0483 e. The van der Waals surface area contributed by atoms with Crippen molar-refractivity contribution in [3.8, 4) is 0 Å². The van der Waals surface area contributed by atoms with E-state index in [1.54, 1.807) is 0 Å². The predicted molar refractivity (Wildman–Crippen MR) is 55.7 cm³/mol. The van der Waals surface area contributed by atoms with E-state index in [0.29, 0.717) is 6.54 Å². The van der Waals surface area contributed by atoms with Crippen LogP contribution in [0.25, 0.3) is 10.9 Å². The molecular weight excluding hydrogens is 160 g/mol. The van der Waals surface area contributed by atoms with Gasteiger partial charge in [-0.3, -0.25) is 0 Å². The van der Waals surface area contributed by atoms with Crippen LogP contribution < -0.4 is 5.73 Å². The standard InChI is InChI=1S/C11H14N2/c1-9-3-2-4-11-10(9)5-7-13(11)8-6-12/h2-5,7H,6,8,12H2,1H3. The summed E-state index contributed by atoms with van der Waals surface area (Å²) in [6.07, 6.45) is 2.10. The molecule has 0 saturated carbocycles. The highest BCUT2D eigenvalue weighted by molar-refractivity contribution is 5.83. The van der Waals surface area contributed by atoms with E-state index in [-0.39, 0.29) is 0 Å². The zero-order chi connectivity index (χ0) is 9.26. The van der Waals surface area contributed by atoms with Gasteiger partial charge in [-0.1, -0.05) is 12.1 Å². The summed E-state index contributed by atoms with van der Waals surface area (Å²) in [7, 11) is 0. The van der Waals surface area contributed by atoms with Crippen molar-refractivity contribution in [2.45, 2.75) is 13.5 Å². The zero-order valence-corrected chi connectivity index (χ0v) is 7.83. The van der Waals surface area contributed by atoms with Crippen molar-refractivity contribution in [3.63, 3.8) is 0 Å². The molecular formula is C11H14N2. The minimum atomic E-state index is 0.692. The first-order chi connectivity index (χ1) is 6.33. The summed E-state index contributed by atoms with van der Waals surface area (Å²) in [6.45, 7) is 3.72. The van der Waals surface area contributed by atoms with E-state index in [2.05, 4.69) is 42.0 Å². The van der Waals surface area contributed by atoms with Crippen molar-refractivity contribution in [3.05, 3.63) is 36.0 Å². The molecule has 0 bridgehead atoms. The molecule has 0 unspecified atom stereocenters. The summed E-state index contributed by atoms with van der Waals surface area (Å²) >= 11 is 0. The zero-order valence-electron chi connectivity index (χ0n) is 7.83. The number of aromatic nitrogens is 1. The summed E-state index contributed by atoms with van der Waals surface area (Å²) in [6, 6.07) is 8.51. The Bertz CT molecular complexity index is 415. The van der Waals surface area contributed by atoms with Crippen molar-refractivity contribution < 1.29 is 0 Å². The minimum Gasteiger partial charge on any atom is -0.346 e. The van der Waals surface area contributed by atoms with Crippen LogP contribution in [0.3, 0.4) is 0 Å². The molecule has 0 amide bonds. The number of hydrogen-bond donors (Lipinski definition) is 1. The maximum absolute atomic E-state index is 5.53. The molecule has 0 aliphatic heterocycles. The van der Waals surface area contributed by atoms with Crippen molar-refractivity contribution in [2.24, 2.45) is 5.73 Å². The number of benzene rings is 1. The molecule has 0 radical (unpaired) electrons. The van der Waals surface area contributed by atoms with Crippen molar-refractivity contribution in [1.82, 2.24) is 4.57 Å². The average molecular weight is 174 g/mol. The molecule has 1 heterocycles. The molecule has 2 heteroatoms. The van der Waals surface area contributed by atoms with Gasteiger partial charge in [0.2, 0.25) is 0 Å². The molecule has 2 aromatic rings. The number of rotatable bonds is 2. The number of nitrogens with two attached hydrogens (primary N) is 1. The van der Waals surface area contributed by atoms with E-state index < -0.39 is 0 Å². The van der Waals surface area contributed by atoms with Crippen molar-refractivity contribution in [2.75, 3.05) is 6.54 Å². The average Bonchev–Trinajstić information content (AvgIpc) is 2.51. The van der Waals surface area contributed by atoms with Gasteiger partial charge in [-0.15, -0.1) is 0 Å². The molecule has 1 aromatic heterocycles. The highest BCUT2D eigenvalue weighted by Gasteiger charge is 2.00. The Balaban J connectivity index is 2.61. The molecule has 2 N–H and O–H groups in total. The molecule has 0 saturated heterocycles. The van der Waals surface area contributed by atoms with E-state index >= 15 is 0 Å². The second-order valence-corrected chi connectivity index (χ2v) is 3.31. The Morgan fingerprint density at radius 2 is 2.15 bits per heavy atom. The first-order valence-corrected chi connectivity index (χ1v) is 4.57. The predicted octanol–water partition coefficient (Wildman–Crippen LogP) is 1.91. The van der Waals surface area contributed by atoms with Gasteiger partial charge in [0.05, 0.1) is 0 Å². The fraction of sp³-hybridized carbons (Fsp3) is 0.273. The summed E-state index contributed by atoms with van der Waals surface area (Å²) in [4.78, 5) is 0. The number of fused-ring (bicyclic) bond motifs is 1. The third kappa shape index (κ3) is 1.33. The Morgan fingerprint density at radius 1 is 1.31 bits per heavy atom. The minimum absolute atomic E-state index is 0.692. The van der Waals surface area contributed by atoms with Gasteiger partial charge < -0.3 is 10.3 Å². The van der Waals surface area contributed by atoms with Gasteiger partial charge >= 0.3 is 0 Å². The third-order valence-electron chi connectivity index (χ3n) is 2.40. The molecule has 0 spiro atoms. The van der Waals surface area contributed by atoms with Gasteiger partial charge in [-0.25, -0.2) is 0 Å². The largest absolute Gasteiger partial charge is 0.346 e. The highest BCUT2D eigenvalue weighted by atomic mass is 15.0. The molecule has 0 fully saturated rings. The molecule has 0 aliphatic rings. The van der Waals surface area contributed by atoms with E-state index in [0.717, 1.165) is 6.54 Å². The Labute approximate surface area is 78.0 Å². The SMILES string of the molecule is Cc1cccc2c1ccn2CCN. The molecule has 13 heavy (non-hydrogen) atoms. The summed E-state index contributed by atoms with van der Waals surface area (Å²) < 4.78 is 2.20. The monoisotopic (exact) mass is 174 g/mol. The normalized spacial score (nSPS) is 10.9. The van der Waals surface area contributed by atoms with Gasteiger partial charge in [0.25, 0.3) is 0 Å². The Morgan fingerprint density at radius 3 is 2.92 bits per heavy atom. The van der Waals surface area contributed by atoms with E-state index in [9.17, 15) is 0 Å². The lowest BCUT2D eigenvalue weighted by Crippen LogP contribution is -2.08. The van der Waals surface area contributed by atoms with Gasteiger partial charge in [0.15, 0.2) is 0 Å². The number of nitrogens with zero attached hydrogens (tertiary/aromatic N) is 1. The third-order valence-corrected chi connectivity index (χ3v) is 2.40. The van der Waals surface area contributed by atoms with Gasteiger partial charge in [-0.2, -0.15) is 0 Å². The van der Waals surface area contributed by atoms with Crippen LogP contribution >= 0.6 is 0 Å². The van der Waals surface area contributed by atoms with Gasteiger partial charge in [0.1, 0.15) is 0 Å². The molecule has 2 nitrogen and oxygen atoms in total. The van der Waals surface area contributed by atoms with Crippen LogP contribution in [0, 0.1) is 6.92 Å². The first kappa shape index (κ1) is 8.32. The number of aryl methyl sites for hydroxylation is 1. The highest BCUT2D eigenvalue weighted by Crippen LogP contribution is 2.18. The van der Waals surface area contributed by atoms with E-state index in [1.807, 2.05) is 0 Å². The topological polar surface area (TPSA) is 30.9 Å². The van der Waals surface area contributed by atoms with Crippen LogP contribution in [-0.2, 0) is 6.54 Å². The summed E-state index contributed by atoms with van der Waals surface area (Å²) in [5.74, 6) is 0. The van der Waals surface area contributed by atoms with Gasteiger partial charge in [-0.05, 0) is 24.6 Å². The lowest BCUT2D eigenvalue weighted by Gasteiger charge is -2.02. The first-order valence-electron chi connectivity index (χ1n) is 4.57. The lowest BCUT2D eigenvalue weighted by molar-refractivity contribution is 0.735. The van der Waals surface area contributed by atoms with Crippen molar-refractivity contribution in [1.29, 1.82) is 0 Å². The fourth-order valence-corrected chi connectivity index (χ4v) is 1.71. The molecule has 1 aromatic carbocycles. The Hall–Kier alpha value is -1.28. The second-order valence-electron chi connectivity index (χ2n) is 3.31.